The van der Waals surface area contributed by atoms with Crippen molar-refractivity contribution in [3.63, 3.8) is 0 Å². The molecule has 0 amide bonds. The van der Waals surface area contributed by atoms with E-state index < -0.39 is 0 Å². The number of nitrogens with zero attached hydrogens (tertiary/aromatic N) is 1. The van der Waals surface area contributed by atoms with Crippen molar-refractivity contribution < 1.29 is 4.39 Å². The molecule has 0 spiro atoms. The molecular formula is C15H22BrFN2. The van der Waals surface area contributed by atoms with Gasteiger partial charge in [0.25, 0.3) is 0 Å². The minimum Gasteiger partial charge on any atom is -0.329 e. The van der Waals surface area contributed by atoms with E-state index in [2.05, 4.69) is 34.7 Å². The third-order valence-electron chi connectivity index (χ3n) is 3.91. The number of nitrogens with two attached hydrogens (primary N) is 1. The predicted octanol–water partition coefficient (Wildman–Crippen LogP) is 3.71. The molecule has 1 aromatic carbocycles. The first-order chi connectivity index (χ1) is 8.93. The van der Waals surface area contributed by atoms with E-state index in [1.54, 1.807) is 12.1 Å². The van der Waals surface area contributed by atoms with E-state index in [4.69, 9.17) is 5.73 Å². The van der Waals surface area contributed by atoms with Crippen LogP contribution in [0.3, 0.4) is 0 Å². The summed E-state index contributed by atoms with van der Waals surface area (Å²) in [5.74, 6) is -0.201. The number of piperidine rings is 1. The van der Waals surface area contributed by atoms with Gasteiger partial charge in [0.05, 0.1) is 0 Å². The summed E-state index contributed by atoms with van der Waals surface area (Å²) in [5.41, 5.74) is 7.23. The van der Waals surface area contributed by atoms with Crippen molar-refractivity contribution in [2.24, 2.45) is 11.1 Å². The number of hydrogen-bond donors (Lipinski definition) is 1. The quantitative estimate of drug-likeness (QED) is 0.916. The molecular weight excluding hydrogens is 307 g/mol. The lowest BCUT2D eigenvalue weighted by Crippen LogP contribution is -2.44. The Hall–Kier alpha value is -0.450. The summed E-state index contributed by atoms with van der Waals surface area (Å²) >= 11 is 3.52. The molecule has 0 bridgehead atoms. The Bertz CT molecular complexity index is 448. The maximum Gasteiger partial charge on any atom is 0.123 e. The minimum atomic E-state index is -0.201. The largest absolute Gasteiger partial charge is 0.329 e. The monoisotopic (exact) mass is 328 g/mol. The van der Waals surface area contributed by atoms with Gasteiger partial charge >= 0.3 is 0 Å². The molecule has 1 aliphatic heterocycles. The lowest BCUT2D eigenvalue weighted by atomic mass is 9.83. The van der Waals surface area contributed by atoms with Gasteiger partial charge in [0, 0.05) is 23.6 Å². The van der Waals surface area contributed by atoms with E-state index in [9.17, 15) is 4.39 Å². The van der Waals surface area contributed by atoms with Crippen molar-refractivity contribution >= 4 is 15.9 Å². The molecule has 2 N–H and O–H groups in total. The van der Waals surface area contributed by atoms with Crippen LogP contribution in [0.15, 0.2) is 22.7 Å². The SMILES string of the molecule is CC1(C)CCCN(C(CN)c2cc(F)ccc2Br)C1. The highest BCUT2D eigenvalue weighted by Crippen LogP contribution is 2.35. The fourth-order valence-corrected chi connectivity index (χ4v) is 3.49. The van der Waals surface area contributed by atoms with E-state index in [0.29, 0.717) is 12.0 Å². The second-order valence-corrected chi connectivity index (χ2v) is 7.01. The van der Waals surface area contributed by atoms with Crippen molar-refractivity contribution in [3.8, 4) is 0 Å². The first-order valence-corrected chi connectivity index (χ1v) is 7.61. The van der Waals surface area contributed by atoms with Crippen LogP contribution < -0.4 is 5.73 Å². The molecule has 1 unspecified atom stereocenters. The molecule has 0 radical (unpaired) electrons. The third kappa shape index (κ3) is 3.56. The van der Waals surface area contributed by atoms with Crippen molar-refractivity contribution in [3.05, 3.63) is 34.1 Å². The summed E-state index contributed by atoms with van der Waals surface area (Å²) in [6.45, 7) is 7.13. The van der Waals surface area contributed by atoms with Crippen molar-refractivity contribution in [1.29, 1.82) is 0 Å². The normalized spacial score (nSPS) is 21.3. The van der Waals surface area contributed by atoms with Gasteiger partial charge in [-0.25, -0.2) is 4.39 Å². The highest BCUT2D eigenvalue weighted by Gasteiger charge is 2.31. The highest BCUT2D eigenvalue weighted by molar-refractivity contribution is 9.10. The van der Waals surface area contributed by atoms with Crippen LogP contribution >= 0.6 is 15.9 Å². The van der Waals surface area contributed by atoms with Gasteiger partial charge in [0.15, 0.2) is 0 Å². The summed E-state index contributed by atoms with van der Waals surface area (Å²) < 4.78 is 14.4. The molecule has 0 aromatic heterocycles. The number of benzene rings is 1. The fraction of sp³-hybridized carbons (Fsp3) is 0.600. The van der Waals surface area contributed by atoms with Crippen LogP contribution in [0.1, 0.15) is 38.3 Å². The van der Waals surface area contributed by atoms with Gasteiger partial charge in [-0.1, -0.05) is 29.8 Å². The number of likely N-dealkylation sites (tertiary alicyclic amines) is 1. The molecule has 0 saturated carbocycles. The summed E-state index contributed by atoms with van der Waals surface area (Å²) in [6, 6.07) is 4.93. The molecule has 1 saturated heterocycles. The Balaban J connectivity index is 2.26. The van der Waals surface area contributed by atoms with E-state index >= 15 is 0 Å². The second-order valence-electron chi connectivity index (χ2n) is 6.16. The van der Waals surface area contributed by atoms with Gasteiger partial charge in [0.2, 0.25) is 0 Å². The maximum absolute atomic E-state index is 13.5. The van der Waals surface area contributed by atoms with Gasteiger partial charge < -0.3 is 5.73 Å². The van der Waals surface area contributed by atoms with Crippen molar-refractivity contribution in [1.82, 2.24) is 4.90 Å². The average Bonchev–Trinajstić information content (AvgIpc) is 2.33. The Morgan fingerprint density at radius 3 is 2.84 bits per heavy atom. The van der Waals surface area contributed by atoms with Gasteiger partial charge in [0.1, 0.15) is 5.82 Å². The number of hydrogen-bond acceptors (Lipinski definition) is 2. The molecule has 1 aliphatic rings. The van der Waals surface area contributed by atoms with E-state index in [1.807, 2.05) is 0 Å². The summed E-state index contributed by atoms with van der Waals surface area (Å²) in [6.07, 6.45) is 2.42. The van der Waals surface area contributed by atoms with Gasteiger partial charge in [-0.05, 0) is 48.6 Å². The van der Waals surface area contributed by atoms with Gasteiger partial charge in [-0.15, -0.1) is 0 Å². The molecule has 1 heterocycles. The zero-order chi connectivity index (χ0) is 14.0. The number of rotatable bonds is 3. The fourth-order valence-electron chi connectivity index (χ4n) is 2.98. The summed E-state index contributed by atoms with van der Waals surface area (Å²) in [5, 5.41) is 0. The molecule has 1 fully saturated rings. The van der Waals surface area contributed by atoms with E-state index in [1.165, 1.54) is 18.9 Å². The highest BCUT2D eigenvalue weighted by atomic mass is 79.9. The van der Waals surface area contributed by atoms with E-state index in [0.717, 1.165) is 23.1 Å². The Labute approximate surface area is 123 Å². The zero-order valence-electron chi connectivity index (χ0n) is 11.6. The van der Waals surface area contributed by atoms with Crippen molar-refractivity contribution in [2.45, 2.75) is 32.7 Å². The smallest absolute Gasteiger partial charge is 0.123 e. The van der Waals surface area contributed by atoms with Crippen LogP contribution in [0.4, 0.5) is 4.39 Å². The topological polar surface area (TPSA) is 29.3 Å². The average molecular weight is 329 g/mol. The Morgan fingerprint density at radius 2 is 2.21 bits per heavy atom. The van der Waals surface area contributed by atoms with Crippen LogP contribution in [0.5, 0.6) is 0 Å². The van der Waals surface area contributed by atoms with Crippen molar-refractivity contribution in [2.75, 3.05) is 19.6 Å². The Kier molecular flexibility index (Phi) is 4.64. The molecule has 4 heteroatoms. The lowest BCUT2D eigenvalue weighted by Gasteiger charge is -2.42. The first-order valence-electron chi connectivity index (χ1n) is 6.82. The molecule has 19 heavy (non-hydrogen) atoms. The van der Waals surface area contributed by atoms with Crippen LogP contribution in [0.2, 0.25) is 0 Å². The zero-order valence-corrected chi connectivity index (χ0v) is 13.2. The maximum atomic E-state index is 13.5. The molecule has 0 aliphatic carbocycles. The Morgan fingerprint density at radius 1 is 1.47 bits per heavy atom. The molecule has 1 atom stereocenters. The minimum absolute atomic E-state index is 0.0876. The number of halogens is 2. The predicted molar refractivity (Wildman–Crippen MR) is 80.5 cm³/mol. The van der Waals surface area contributed by atoms with Gasteiger partial charge in [-0.3, -0.25) is 4.90 Å². The van der Waals surface area contributed by atoms with Crippen LogP contribution in [-0.4, -0.2) is 24.5 Å². The standard InChI is InChI=1S/C15H22BrFN2/c1-15(2)6-3-7-19(10-15)14(9-18)12-8-11(17)4-5-13(12)16/h4-5,8,14H,3,6-7,9-10,18H2,1-2H3. The molecule has 1 aromatic rings. The third-order valence-corrected chi connectivity index (χ3v) is 4.63. The molecule has 2 nitrogen and oxygen atoms in total. The van der Waals surface area contributed by atoms with Crippen LogP contribution in [-0.2, 0) is 0 Å². The van der Waals surface area contributed by atoms with Crippen LogP contribution in [0.25, 0.3) is 0 Å². The summed E-state index contributed by atoms with van der Waals surface area (Å²) in [7, 11) is 0. The van der Waals surface area contributed by atoms with E-state index in [-0.39, 0.29) is 11.9 Å². The first kappa shape index (κ1) is 14.9. The summed E-state index contributed by atoms with van der Waals surface area (Å²) in [4.78, 5) is 2.39. The molecule has 106 valence electrons. The molecule has 2 rings (SSSR count). The second kappa shape index (κ2) is 5.90. The van der Waals surface area contributed by atoms with Crippen LogP contribution in [0, 0.1) is 11.2 Å². The van der Waals surface area contributed by atoms with Gasteiger partial charge in [-0.2, -0.15) is 0 Å². The lowest BCUT2D eigenvalue weighted by molar-refractivity contribution is 0.0803.